The molecule has 0 bridgehead atoms. The van der Waals surface area contributed by atoms with E-state index in [-0.39, 0.29) is 5.56 Å². The molecule has 0 fully saturated rings. The standard InChI is InChI=1S/C14H14N6O/c1-10-3-5-12(6-4-10)20-14(21)13(11(2)18-20)7-17-19-8-15-16-9-19/h3-9,18H,1-2H3/b17-7+. The van der Waals surface area contributed by atoms with Gasteiger partial charge in [0.2, 0.25) is 0 Å². The highest BCUT2D eigenvalue weighted by Crippen LogP contribution is 2.08. The van der Waals surface area contributed by atoms with E-state index in [1.54, 1.807) is 0 Å². The SMILES string of the molecule is Cc1ccc(-n2[nH]c(C)c(/C=N/n3cnnc3)c2=O)cc1. The number of rotatable bonds is 3. The molecule has 3 aromatic rings. The largest absolute Gasteiger partial charge is 0.295 e. The highest BCUT2D eigenvalue weighted by Gasteiger charge is 2.10. The van der Waals surface area contributed by atoms with Crippen molar-refractivity contribution in [2.45, 2.75) is 13.8 Å². The molecule has 0 saturated carbocycles. The molecule has 3 rings (SSSR count). The Balaban J connectivity index is 2.00. The van der Waals surface area contributed by atoms with E-state index >= 15 is 0 Å². The number of aromatic amines is 1. The molecule has 0 aliphatic carbocycles. The van der Waals surface area contributed by atoms with Gasteiger partial charge >= 0.3 is 0 Å². The third-order valence-corrected chi connectivity index (χ3v) is 3.14. The summed E-state index contributed by atoms with van der Waals surface area (Å²) in [5.74, 6) is 0. The Hall–Kier alpha value is -2.96. The van der Waals surface area contributed by atoms with Crippen LogP contribution in [0.15, 0.2) is 46.8 Å². The molecule has 2 aromatic heterocycles. The Bertz CT molecular complexity index is 823. The van der Waals surface area contributed by atoms with Crippen LogP contribution in [0.4, 0.5) is 0 Å². The Morgan fingerprint density at radius 1 is 1.14 bits per heavy atom. The van der Waals surface area contributed by atoms with Crippen molar-refractivity contribution in [1.82, 2.24) is 24.7 Å². The van der Waals surface area contributed by atoms with E-state index in [4.69, 9.17) is 0 Å². The van der Waals surface area contributed by atoms with Crippen molar-refractivity contribution in [2.24, 2.45) is 5.10 Å². The first-order valence-corrected chi connectivity index (χ1v) is 6.43. The van der Waals surface area contributed by atoms with Gasteiger partial charge in [0, 0.05) is 5.69 Å². The number of H-pyrrole nitrogens is 1. The van der Waals surface area contributed by atoms with E-state index in [1.165, 1.54) is 28.2 Å². The predicted molar refractivity (Wildman–Crippen MR) is 78.9 cm³/mol. The molecule has 0 unspecified atom stereocenters. The fourth-order valence-electron chi connectivity index (χ4n) is 1.97. The van der Waals surface area contributed by atoms with Crippen molar-refractivity contribution >= 4 is 6.21 Å². The highest BCUT2D eigenvalue weighted by molar-refractivity contribution is 5.80. The Morgan fingerprint density at radius 2 is 1.81 bits per heavy atom. The number of benzene rings is 1. The number of hydrogen-bond acceptors (Lipinski definition) is 4. The van der Waals surface area contributed by atoms with Crippen molar-refractivity contribution in [3.05, 3.63) is 64.1 Å². The van der Waals surface area contributed by atoms with Crippen LogP contribution in [0.5, 0.6) is 0 Å². The van der Waals surface area contributed by atoms with Gasteiger partial charge in [-0.05, 0) is 26.0 Å². The Morgan fingerprint density at radius 3 is 2.48 bits per heavy atom. The Kier molecular flexibility index (Phi) is 3.23. The van der Waals surface area contributed by atoms with E-state index in [2.05, 4.69) is 20.4 Å². The van der Waals surface area contributed by atoms with Crippen LogP contribution in [-0.4, -0.2) is 30.9 Å². The minimum absolute atomic E-state index is 0.145. The maximum atomic E-state index is 12.4. The lowest BCUT2D eigenvalue weighted by Crippen LogP contribution is -2.17. The Labute approximate surface area is 120 Å². The lowest BCUT2D eigenvalue weighted by molar-refractivity contribution is 0.835. The van der Waals surface area contributed by atoms with Crippen molar-refractivity contribution in [2.75, 3.05) is 0 Å². The van der Waals surface area contributed by atoms with E-state index < -0.39 is 0 Å². The van der Waals surface area contributed by atoms with E-state index in [1.807, 2.05) is 38.1 Å². The molecule has 1 aromatic carbocycles. The van der Waals surface area contributed by atoms with Gasteiger partial charge in [-0.25, -0.2) is 9.36 Å². The molecule has 21 heavy (non-hydrogen) atoms. The van der Waals surface area contributed by atoms with Gasteiger partial charge in [-0.2, -0.15) is 5.10 Å². The van der Waals surface area contributed by atoms with Crippen LogP contribution >= 0.6 is 0 Å². The van der Waals surface area contributed by atoms with E-state index in [0.29, 0.717) is 5.56 Å². The lowest BCUT2D eigenvalue weighted by Gasteiger charge is -2.01. The van der Waals surface area contributed by atoms with Crippen LogP contribution < -0.4 is 5.56 Å². The lowest BCUT2D eigenvalue weighted by atomic mass is 10.2. The molecule has 0 amide bonds. The molecule has 0 atom stereocenters. The van der Waals surface area contributed by atoms with Gasteiger partial charge in [0.05, 0.1) is 17.5 Å². The van der Waals surface area contributed by atoms with Crippen molar-refractivity contribution in [1.29, 1.82) is 0 Å². The molecule has 1 N–H and O–H groups in total. The molecule has 0 radical (unpaired) electrons. The molecular formula is C14H14N6O. The van der Waals surface area contributed by atoms with Gasteiger partial charge in [0.1, 0.15) is 12.7 Å². The molecule has 0 aliphatic heterocycles. The van der Waals surface area contributed by atoms with Crippen molar-refractivity contribution in [3.8, 4) is 5.69 Å². The minimum atomic E-state index is -0.145. The van der Waals surface area contributed by atoms with Gasteiger partial charge < -0.3 is 0 Å². The number of hydrogen-bond donors (Lipinski definition) is 1. The molecule has 2 heterocycles. The summed E-state index contributed by atoms with van der Waals surface area (Å²) in [5, 5.41) is 14.5. The predicted octanol–water partition coefficient (Wildman–Crippen LogP) is 1.26. The van der Waals surface area contributed by atoms with Gasteiger partial charge in [0.25, 0.3) is 5.56 Å². The highest BCUT2D eigenvalue weighted by atomic mass is 16.1. The molecule has 7 heteroatoms. The first kappa shape index (κ1) is 13.0. The summed E-state index contributed by atoms with van der Waals surface area (Å²) in [4.78, 5) is 12.4. The zero-order valence-corrected chi connectivity index (χ0v) is 11.7. The number of aryl methyl sites for hydroxylation is 2. The van der Waals surface area contributed by atoms with Crippen molar-refractivity contribution in [3.63, 3.8) is 0 Å². The quantitative estimate of drug-likeness (QED) is 0.734. The average molecular weight is 282 g/mol. The van der Waals surface area contributed by atoms with E-state index in [9.17, 15) is 4.79 Å². The zero-order chi connectivity index (χ0) is 14.8. The first-order valence-electron chi connectivity index (χ1n) is 6.43. The van der Waals surface area contributed by atoms with E-state index in [0.717, 1.165) is 16.9 Å². The average Bonchev–Trinajstić information content (AvgIpc) is 3.07. The fourth-order valence-corrected chi connectivity index (χ4v) is 1.97. The van der Waals surface area contributed by atoms with Crippen LogP contribution in [0, 0.1) is 13.8 Å². The smallest absolute Gasteiger partial charge is 0.280 e. The van der Waals surface area contributed by atoms with Gasteiger partial charge in [-0.3, -0.25) is 9.89 Å². The summed E-state index contributed by atoms with van der Waals surface area (Å²) in [6.45, 7) is 3.84. The second-order valence-electron chi connectivity index (χ2n) is 4.71. The van der Waals surface area contributed by atoms with Crippen LogP contribution in [-0.2, 0) is 0 Å². The summed E-state index contributed by atoms with van der Waals surface area (Å²) in [6.07, 6.45) is 4.41. The number of nitrogens with one attached hydrogen (secondary N) is 1. The molecule has 0 aliphatic rings. The maximum absolute atomic E-state index is 12.4. The third kappa shape index (κ3) is 2.53. The second kappa shape index (κ2) is 5.20. The zero-order valence-electron chi connectivity index (χ0n) is 11.7. The monoisotopic (exact) mass is 282 g/mol. The van der Waals surface area contributed by atoms with Gasteiger partial charge in [0.15, 0.2) is 0 Å². The topological polar surface area (TPSA) is 80.9 Å². The second-order valence-corrected chi connectivity index (χ2v) is 4.71. The van der Waals surface area contributed by atoms with Crippen LogP contribution in [0.3, 0.4) is 0 Å². The minimum Gasteiger partial charge on any atom is -0.295 e. The summed E-state index contributed by atoms with van der Waals surface area (Å²) in [7, 11) is 0. The van der Waals surface area contributed by atoms with Crippen molar-refractivity contribution < 1.29 is 0 Å². The van der Waals surface area contributed by atoms with Gasteiger partial charge in [-0.15, -0.1) is 10.2 Å². The van der Waals surface area contributed by atoms with Gasteiger partial charge in [-0.1, -0.05) is 17.7 Å². The maximum Gasteiger partial charge on any atom is 0.280 e. The number of nitrogens with zero attached hydrogens (tertiary/aromatic N) is 5. The normalized spacial score (nSPS) is 11.3. The molecule has 0 saturated heterocycles. The summed E-state index contributed by atoms with van der Waals surface area (Å²) >= 11 is 0. The summed E-state index contributed by atoms with van der Waals surface area (Å²) in [6, 6.07) is 7.71. The number of aromatic nitrogens is 5. The van der Waals surface area contributed by atoms with Crippen LogP contribution in [0.2, 0.25) is 0 Å². The molecular weight excluding hydrogens is 268 g/mol. The van der Waals surface area contributed by atoms with Crippen LogP contribution in [0.25, 0.3) is 5.69 Å². The first-order chi connectivity index (χ1) is 10.1. The molecule has 7 nitrogen and oxygen atoms in total. The molecule has 106 valence electrons. The van der Waals surface area contributed by atoms with Crippen LogP contribution in [0.1, 0.15) is 16.8 Å². The fraction of sp³-hybridized carbons (Fsp3) is 0.143. The summed E-state index contributed by atoms with van der Waals surface area (Å²) in [5.41, 5.74) is 3.04. The molecule has 0 spiro atoms. The third-order valence-electron chi connectivity index (χ3n) is 3.14. The summed E-state index contributed by atoms with van der Waals surface area (Å²) < 4.78 is 2.93.